The first kappa shape index (κ1) is 20.9. The molecule has 4 nitrogen and oxygen atoms in total. The van der Waals surface area contributed by atoms with Crippen molar-refractivity contribution >= 4 is 17.3 Å². The second kappa shape index (κ2) is 10.1. The van der Waals surface area contributed by atoms with Crippen molar-refractivity contribution in [2.45, 2.75) is 26.8 Å². The topological polar surface area (TPSA) is 56.1 Å². The third-order valence-electron chi connectivity index (χ3n) is 4.91. The van der Waals surface area contributed by atoms with E-state index in [0.717, 1.165) is 34.5 Å². The number of nitriles is 1. The first-order valence-corrected chi connectivity index (χ1v) is 9.99. The molecule has 3 aromatic rings. The van der Waals surface area contributed by atoms with Crippen molar-refractivity contribution in [3.05, 3.63) is 107 Å². The molecule has 0 saturated heterocycles. The Morgan fingerprint density at radius 1 is 1.00 bits per heavy atom. The van der Waals surface area contributed by atoms with Crippen molar-refractivity contribution in [1.29, 1.82) is 5.26 Å². The number of para-hydroxylation sites is 2. The maximum atomic E-state index is 13.0. The molecule has 150 valence electrons. The Hall–Kier alpha value is -3.84. The molecule has 30 heavy (non-hydrogen) atoms. The Morgan fingerprint density at radius 2 is 1.67 bits per heavy atom. The average molecular weight is 396 g/mol. The first-order valence-electron chi connectivity index (χ1n) is 9.99. The molecule has 0 spiro atoms. The third-order valence-corrected chi connectivity index (χ3v) is 4.91. The molecule has 1 N–H and O–H groups in total. The normalized spacial score (nSPS) is 10.9. The number of anilines is 2. The fourth-order valence-electron chi connectivity index (χ4n) is 3.29. The molecule has 0 aliphatic rings. The van der Waals surface area contributed by atoms with Gasteiger partial charge in [0.05, 0.1) is 0 Å². The molecule has 0 aliphatic carbocycles. The fourth-order valence-corrected chi connectivity index (χ4v) is 3.29. The lowest BCUT2D eigenvalue weighted by Gasteiger charge is -2.21. The van der Waals surface area contributed by atoms with Crippen molar-refractivity contribution in [3.8, 4) is 6.07 Å². The molecular formula is C26H25N3O. The zero-order chi connectivity index (χ0) is 21.3. The molecule has 0 fully saturated rings. The van der Waals surface area contributed by atoms with Gasteiger partial charge in [-0.2, -0.15) is 5.26 Å². The van der Waals surface area contributed by atoms with Crippen molar-refractivity contribution in [1.82, 2.24) is 0 Å². The minimum Gasteiger partial charge on any atom is -0.342 e. The number of benzene rings is 3. The Kier molecular flexibility index (Phi) is 7.02. The van der Waals surface area contributed by atoms with Crippen molar-refractivity contribution in [3.63, 3.8) is 0 Å². The lowest BCUT2D eigenvalue weighted by molar-refractivity contribution is -0.112. The lowest BCUT2D eigenvalue weighted by Crippen LogP contribution is -2.21. The summed E-state index contributed by atoms with van der Waals surface area (Å²) in [5, 5.41) is 12.7. The molecule has 0 saturated carbocycles. The van der Waals surface area contributed by atoms with Gasteiger partial charge in [-0.25, -0.2) is 0 Å². The number of amides is 1. The molecule has 0 aromatic heterocycles. The molecule has 0 aliphatic heterocycles. The van der Waals surface area contributed by atoms with Gasteiger partial charge in [0.25, 0.3) is 5.91 Å². The predicted molar refractivity (Wildman–Crippen MR) is 122 cm³/mol. The molecule has 0 bridgehead atoms. The number of nitrogens with zero attached hydrogens (tertiary/aromatic N) is 2. The Labute approximate surface area is 178 Å². The number of hydrogen-bond donors (Lipinski definition) is 1. The summed E-state index contributed by atoms with van der Waals surface area (Å²) in [6, 6.07) is 27.7. The van der Waals surface area contributed by atoms with Gasteiger partial charge in [-0.1, -0.05) is 73.7 Å². The summed E-state index contributed by atoms with van der Waals surface area (Å²) in [5.74, 6) is -0.407. The zero-order valence-corrected chi connectivity index (χ0v) is 17.3. The highest BCUT2D eigenvalue weighted by Gasteiger charge is 2.15. The van der Waals surface area contributed by atoms with E-state index in [2.05, 4.69) is 11.4 Å². The summed E-state index contributed by atoms with van der Waals surface area (Å²) in [7, 11) is 0. The summed E-state index contributed by atoms with van der Waals surface area (Å²) in [5.41, 5.74) is 4.85. The summed E-state index contributed by atoms with van der Waals surface area (Å²) in [4.78, 5) is 14.9. The van der Waals surface area contributed by atoms with Gasteiger partial charge in [0.2, 0.25) is 0 Å². The molecule has 0 radical (unpaired) electrons. The van der Waals surface area contributed by atoms with Gasteiger partial charge < -0.3 is 10.2 Å². The summed E-state index contributed by atoms with van der Waals surface area (Å²) in [6.45, 7) is 4.55. The van der Waals surface area contributed by atoms with Crippen LogP contribution in [-0.4, -0.2) is 5.91 Å². The third kappa shape index (κ3) is 5.15. The van der Waals surface area contributed by atoms with Crippen LogP contribution in [0.4, 0.5) is 11.4 Å². The molecule has 0 unspecified atom stereocenters. The Bertz CT molecular complexity index is 1070. The van der Waals surface area contributed by atoms with Gasteiger partial charge in [-0.15, -0.1) is 0 Å². The van der Waals surface area contributed by atoms with E-state index in [-0.39, 0.29) is 5.57 Å². The van der Waals surface area contributed by atoms with Gasteiger partial charge in [-0.3, -0.25) is 4.79 Å². The van der Waals surface area contributed by atoms with Crippen LogP contribution < -0.4 is 10.2 Å². The van der Waals surface area contributed by atoms with Crippen LogP contribution in [0.3, 0.4) is 0 Å². The average Bonchev–Trinajstić information content (AvgIpc) is 2.79. The first-order chi connectivity index (χ1) is 14.6. The summed E-state index contributed by atoms with van der Waals surface area (Å²) in [6.07, 6.45) is 2.43. The molecule has 3 rings (SSSR count). The van der Waals surface area contributed by atoms with E-state index in [9.17, 15) is 10.1 Å². The fraction of sp³-hybridized carbons (Fsp3) is 0.154. The highest BCUT2D eigenvalue weighted by Crippen LogP contribution is 2.23. The number of carbonyl (C=O) groups excluding carboxylic acids is 1. The SMILES string of the molecule is CCc1cccc(C)c1NC(=O)/C(C#N)=C\N(Cc1ccccc1)c1ccccc1. The smallest absolute Gasteiger partial charge is 0.267 e. The Morgan fingerprint density at radius 3 is 2.30 bits per heavy atom. The standard InChI is InChI=1S/C26H25N3O/c1-3-22-14-10-11-20(2)25(22)28-26(30)23(17-27)19-29(24-15-8-5-9-16-24)18-21-12-6-4-7-13-21/h4-16,19H,3,18H2,1-2H3,(H,28,30)/b23-19-. The van der Waals surface area contributed by atoms with E-state index in [0.29, 0.717) is 6.54 Å². The monoisotopic (exact) mass is 395 g/mol. The number of aryl methyl sites for hydroxylation is 2. The number of carbonyl (C=O) groups is 1. The highest BCUT2D eigenvalue weighted by molar-refractivity contribution is 6.07. The summed E-state index contributed by atoms with van der Waals surface area (Å²) < 4.78 is 0. The quantitative estimate of drug-likeness (QED) is 0.418. The van der Waals surface area contributed by atoms with Crippen LogP contribution in [0, 0.1) is 18.3 Å². The molecule has 4 heteroatoms. The van der Waals surface area contributed by atoms with Crippen molar-refractivity contribution < 1.29 is 4.79 Å². The second-order valence-corrected chi connectivity index (χ2v) is 7.02. The van der Waals surface area contributed by atoms with Gasteiger partial charge in [0.15, 0.2) is 0 Å². The zero-order valence-electron chi connectivity index (χ0n) is 17.3. The van der Waals surface area contributed by atoms with Crippen LogP contribution in [0.25, 0.3) is 0 Å². The van der Waals surface area contributed by atoms with Crippen molar-refractivity contribution in [2.75, 3.05) is 10.2 Å². The molecule has 3 aromatic carbocycles. The summed E-state index contributed by atoms with van der Waals surface area (Å²) >= 11 is 0. The minimum atomic E-state index is -0.407. The molecule has 0 heterocycles. The van der Waals surface area contributed by atoms with E-state index in [1.165, 1.54) is 0 Å². The molecule has 0 atom stereocenters. The van der Waals surface area contributed by atoms with Crippen LogP contribution in [-0.2, 0) is 17.8 Å². The highest BCUT2D eigenvalue weighted by atomic mass is 16.1. The van der Waals surface area contributed by atoms with E-state index < -0.39 is 5.91 Å². The van der Waals surface area contributed by atoms with E-state index in [1.807, 2.05) is 97.6 Å². The van der Waals surface area contributed by atoms with Crippen LogP contribution in [0.5, 0.6) is 0 Å². The van der Waals surface area contributed by atoms with Crippen LogP contribution in [0.15, 0.2) is 90.6 Å². The minimum absolute atomic E-state index is 0.0556. The van der Waals surface area contributed by atoms with E-state index in [4.69, 9.17) is 0 Å². The number of rotatable bonds is 7. The molecular weight excluding hydrogens is 370 g/mol. The van der Waals surface area contributed by atoms with E-state index >= 15 is 0 Å². The van der Waals surface area contributed by atoms with Gasteiger partial charge >= 0.3 is 0 Å². The number of hydrogen-bond acceptors (Lipinski definition) is 3. The van der Waals surface area contributed by atoms with E-state index in [1.54, 1.807) is 6.20 Å². The maximum absolute atomic E-state index is 13.0. The Balaban J connectivity index is 1.92. The van der Waals surface area contributed by atoms with Crippen LogP contribution in [0.1, 0.15) is 23.6 Å². The maximum Gasteiger partial charge on any atom is 0.267 e. The van der Waals surface area contributed by atoms with Gasteiger partial charge in [0, 0.05) is 24.1 Å². The lowest BCUT2D eigenvalue weighted by atomic mass is 10.1. The number of nitrogens with one attached hydrogen (secondary N) is 1. The van der Waals surface area contributed by atoms with Crippen LogP contribution >= 0.6 is 0 Å². The van der Waals surface area contributed by atoms with Gasteiger partial charge in [-0.05, 0) is 42.2 Å². The molecule has 1 amide bonds. The van der Waals surface area contributed by atoms with Gasteiger partial charge in [0.1, 0.15) is 11.6 Å². The predicted octanol–water partition coefficient (Wildman–Crippen LogP) is 5.61. The second-order valence-electron chi connectivity index (χ2n) is 7.02. The largest absolute Gasteiger partial charge is 0.342 e. The van der Waals surface area contributed by atoms with Crippen LogP contribution in [0.2, 0.25) is 0 Å². The van der Waals surface area contributed by atoms with Crippen molar-refractivity contribution in [2.24, 2.45) is 0 Å².